The van der Waals surface area contributed by atoms with Crippen LogP contribution in [-0.2, 0) is 57.2 Å². The van der Waals surface area contributed by atoms with Crippen molar-refractivity contribution >= 4 is 35.4 Å². The molecule has 16 heteroatoms. The molecule has 2 bridgehead atoms. The Hall–Kier alpha value is -3.80. The zero-order valence-electron chi connectivity index (χ0n) is 41.9. The summed E-state index contributed by atoms with van der Waals surface area (Å²) in [6.45, 7) is 13.0. The number of ketones is 2. The summed E-state index contributed by atoms with van der Waals surface area (Å²) in [5, 5.41) is 32.8. The minimum absolute atomic E-state index is 0.0162. The van der Waals surface area contributed by atoms with Crippen LogP contribution < -0.4 is 0 Å². The summed E-state index contributed by atoms with van der Waals surface area (Å²) in [4.78, 5) is 82.1. The van der Waals surface area contributed by atoms with Crippen molar-refractivity contribution in [2.24, 2.45) is 29.6 Å². The first-order chi connectivity index (χ1) is 32.3. The number of Topliss-reactive ketones (excluding diaryl/α,β-unsaturated/α-hetero) is 2. The molecular weight excluding hydrogens is 879 g/mol. The van der Waals surface area contributed by atoms with E-state index in [0.717, 1.165) is 16.9 Å². The van der Waals surface area contributed by atoms with Crippen LogP contribution in [0.1, 0.15) is 144 Å². The molecule has 384 valence electrons. The van der Waals surface area contributed by atoms with Crippen LogP contribution in [-0.4, -0.2) is 138 Å². The molecule has 16 nitrogen and oxygen atoms in total. The summed E-state index contributed by atoms with van der Waals surface area (Å²) in [6.07, 6.45) is 7.29. The number of hydrogen-bond acceptors (Lipinski definition) is 14. The van der Waals surface area contributed by atoms with Crippen molar-refractivity contribution in [1.29, 1.82) is 0 Å². The zero-order valence-corrected chi connectivity index (χ0v) is 41.9. The van der Waals surface area contributed by atoms with E-state index < -0.39 is 95.9 Å². The molecule has 1 amide bonds. The van der Waals surface area contributed by atoms with Crippen molar-refractivity contribution in [2.45, 2.75) is 198 Å². The summed E-state index contributed by atoms with van der Waals surface area (Å²) in [5.41, 5.74) is 1.54. The van der Waals surface area contributed by atoms with Crippen LogP contribution in [0.25, 0.3) is 0 Å². The largest absolute Gasteiger partial charge is 0.481 e. The van der Waals surface area contributed by atoms with Crippen molar-refractivity contribution in [1.82, 2.24) is 4.90 Å². The SMILES string of the molecule is C=CCC1C=C(C)CC(C)CC(OC)C2OC(O)(C(=O)C(=O)N3CCCCC3C(=O)OC(C(C)=CC3CCC(OC(=O)CCCCCCC(=O)O)C(OC)C3)C(C)C(O)CC1=O)C(C)CC2OC. The number of cyclic esters (lactones) is 1. The maximum Gasteiger partial charge on any atom is 0.329 e. The van der Waals surface area contributed by atoms with Crippen LogP contribution in [0.5, 0.6) is 0 Å². The van der Waals surface area contributed by atoms with E-state index in [4.69, 9.17) is 33.5 Å². The lowest BCUT2D eigenvalue weighted by Gasteiger charge is -2.47. The van der Waals surface area contributed by atoms with Crippen molar-refractivity contribution in [3.05, 3.63) is 36.0 Å². The minimum atomic E-state index is -2.54. The normalized spacial score (nSPS) is 35.3. The predicted molar refractivity (Wildman–Crippen MR) is 252 cm³/mol. The molecule has 14 atom stereocenters. The Morgan fingerprint density at radius 1 is 0.882 bits per heavy atom. The highest BCUT2D eigenvalue weighted by Crippen LogP contribution is 2.39. The molecule has 0 aromatic heterocycles. The van der Waals surface area contributed by atoms with Gasteiger partial charge in [-0.25, -0.2) is 4.79 Å². The fourth-order valence-electron chi connectivity index (χ4n) is 10.7. The third-order valence-corrected chi connectivity index (χ3v) is 14.7. The van der Waals surface area contributed by atoms with Gasteiger partial charge in [0.15, 0.2) is 0 Å². The molecule has 0 radical (unpaired) electrons. The van der Waals surface area contributed by atoms with Gasteiger partial charge in [-0.05, 0) is 108 Å². The van der Waals surface area contributed by atoms with E-state index in [2.05, 4.69) is 6.58 Å². The van der Waals surface area contributed by atoms with Gasteiger partial charge in [-0.3, -0.25) is 24.0 Å². The van der Waals surface area contributed by atoms with E-state index in [1.165, 1.54) is 14.2 Å². The molecule has 3 aliphatic heterocycles. The zero-order chi connectivity index (χ0) is 50.3. The quantitative estimate of drug-likeness (QED) is 0.0680. The Morgan fingerprint density at radius 2 is 1.54 bits per heavy atom. The molecule has 0 aromatic carbocycles. The second kappa shape index (κ2) is 27.0. The molecule has 3 heterocycles. The molecule has 14 unspecified atom stereocenters. The molecule has 1 aliphatic carbocycles. The Balaban J connectivity index is 1.66. The number of fused-ring (bicyclic) bond motifs is 3. The number of rotatable bonds is 15. The van der Waals surface area contributed by atoms with Gasteiger partial charge >= 0.3 is 17.9 Å². The summed E-state index contributed by atoms with van der Waals surface area (Å²) < 4.78 is 36.0. The Morgan fingerprint density at radius 3 is 2.19 bits per heavy atom. The van der Waals surface area contributed by atoms with Gasteiger partial charge in [0.2, 0.25) is 5.79 Å². The van der Waals surface area contributed by atoms with E-state index in [9.17, 15) is 39.0 Å². The highest BCUT2D eigenvalue weighted by molar-refractivity contribution is 6.39. The van der Waals surface area contributed by atoms with Crippen molar-refractivity contribution in [3.8, 4) is 0 Å². The van der Waals surface area contributed by atoms with Crippen LogP contribution in [0.3, 0.4) is 0 Å². The molecule has 3 N–H and O–H groups in total. The van der Waals surface area contributed by atoms with Crippen LogP contribution in [0.4, 0.5) is 0 Å². The van der Waals surface area contributed by atoms with Crippen molar-refractivity contribution in [3.63, 3.8) is 0 Å². The monoisotopic (exact) mass is 960 g/mol. The third kappa shape index (κ3) is 15.3. The number of carbonyl (C=O) groups excluding carboxylic acids is 5. The topological polar surface area (TPSA) is 222 Å². The van der Waals surface area contributed by atoms with Gasteiger partial charge in [0.05, 0.1) is 24.4 Å². The highest BCUT2D eigenvalue weighted by Gasteiger charge is 2.56. The van der Waals surface area contributed by atoms with Crippen molar-refractivity contribution < 1.29 is 72.5 Å². The Bertz CT molecular complexity index is 1800. The number of hydrogen-bond donors (Lipinski definition) is 3. The van der Waals surface area contributed by atoms with Gasteiger partial charge in [0.25, 0.3) is 11.7 Å². The maximum absolute atomic E-state index is 14.5. The smallest absolute Gasteiger partial charge is 0.329 e. The van der Waals surface area contributed by atoms with Gasteiger partial charge in [-0.2, -0.15) is 0 Å². The van der Waals surface area contributed by atoms with E-state index >= 15 is 0 Å². The summed E-state index contributed by atoms with van der Waals surface area (Å²) in [6, 6.07) is -1.19. The number of amides is 1. The first-order valence-corrected chi connectivity index (χ1v) is 24.9. The number of carbonyl (C=O) groups is 6. The number of methoxy groups -OCH3 is 3. The third-order valence-electron chi connectivity index (χ3n) is 14.7. The molecule has 3 fully saturated rings. The van der Waals surface area contributed by atoms with Crippen LogP contribution in [0.15, 0.2) is 36.0 Å². The van der Waals surface area contributed by atoms with Crippen LogP contribution in [0, 0.1) is 29.6 Å². The van der Waals surface area contributed by atoms with Gasteiger partial charge in [-0.15, -0.1) is 6.58 Å². The molecular formula is C52H81NO15. The maximum atomic E-state index is 14.5. The number of carboxylic acid groups (broad SMARTS) is 1. The number of aliphatic hydroxyl groups is 2. The number of esters is 2. The van der Waals surface area contributed by atoms with E-state index in [1.54, 1.807) is 34.0 Å². The fourth-order valence-corrected chi connectivity index (χ4v) is 10.7. The number of carboxylic acids is 1. The van der Waals surface area contributed by atoms with E-state index in [-0.39, 0.29) is 62.2 Å². The molecule has 1 saturated carbocycles. The first kappa shape index (κ1) is 56.8. The van der Waals surface area contributed by atoms with Crippen molar-refractivity contribution in [2.75, 3.05) is 27.9 Å². The molecule has 68 heavy (non-hydrogen) atoms. The van der Waals surface area contributed by atoms with E-state index in [1.807, 2.05) is 26.0 Å². The number of nitrogens with zero attached hydrogens (tertiary/aromatic N) is 1. The molecule has 2 saturated heterocycles. The summed E-state index contributed by atoms with van der Waals surface area (Å²) in [7, 11) is 4.59. The first-order valence-electron chi connectivity index (χ1n) is 24.9. The number of aliphatic carboxylic acids is 1. The van der Waals surface area contributed by atoms with Gasteiger partial charge in [0.1, 0.15) is 30.1 Å². The lowest BCUT2D eigenvalue weighted by molar-refractivity contribution is -0.302. The lowest BCUT2D eigenvalue weighted by Crippen LogP contribution is -2.64. The number of ether oxygens (including phenoxy) is 6. The number of unbranched alkanes of at least 4 members (excludes halogenated alkanes) is 3. The molecule has 0 aromatic rings. The van der Waals surface area contributed by atoms with Gasteiger partial charge in [-0.1, -0.05) is 57.4 Å². The predicted octanol–water partition coefficient (Wildman–Crippen LogP) is 6.62. The summed E-state index contributed by atoms with van der Waals surface area (Å²) in [5.74, 6) is -9.32. The fraction of sp³-hybridized carbons (Fsp3) is 0.769. The highest BCUT2D eigenvalue weighted by atomic mass is 16.7. The second-order valence-corrected chi connectivity index (χ2v) is 20.0. The van der Waals surface area contributed by atoms with Gasteiger partial charge < -0.3 is 48.6 Å². The van der Waals surface area contributed by atoms with Crippen LogP contribution in [0.2, 0.25) is 0 Å². The molecule has 4 aliphatic rings. The number of allylic oxidation sites excluding steroid dienone is 4. The molecule has 4 rings (SSSR count). The summed E-state index contributed by atoms with van der Waals surface area (Å²) >= 11 is 0. The number of aliphatic hydroxyl groups excluding tert-OH is 1. The van der Waals surface area contributed by atoms with Gasteiger partial charge in [0, 0.05) is 64.9 Å². The average Bonchev–Trinajstić information content (AvgIpc) is 3.30. The lowest BCUT2D eigenvalue weighted by atomic mass is 9.81. The Labute approximate surface area is 403 Å². The molecule has 0 spiro atoms. The number of piperidine rings is 1. The Kier molecular flexibility index (Phi) is 22.5. The average molecular weight is 960 g/mol. The van der Waals surface area contributed by atoms with Crippen LogP contribution >= 0.6 is 0 Å². The standard InChI is InChI=1S/C52H81NO15/c1-10-17-37-25-31(2)24-32(3)26-43(64-8)48-44(65-9)28-34(5)52(62,68-48)49(59)50(60)53-23-16-15-18-38(53)51(61)67-47(35(6)39(54)30-40(37)55)33(4)27-36-21-22-41(42(29-36)63-7)66-46(58)20-14-12-11-13-19-45(56)57/h10,25,27,32,34-39,41-44,47-48,54,62H,1,11-24,26,28-30H2,2-9H3,(H,56,57). The second-order valence-electron chi connectivity index (χ2n) is 20.0. The van der Waals surface area contributed by atoms with E-state index in [0.29, 0.717) is 76.2 Å². The minimum Gasteiger partial charge on any atom is -0.481 e.